The first-order chi connectivity index (χ1) is 9.76. The van der Waals surface area contributed by atoms with E-state index in [2.05, 4.69) is 5.32 Å². The maximum atomic E-state index is 12.4. The molecule has 1 aliphatic heterocycles. The van der Waals surface area contributed by atoms with Gasteiger partial charge in [0.15, 0.2) is 0 Å². The highest BCUT2D eigenvalue weighted by Gasteiger charge is 2.31. The minimum absolute atomic E-state index is 0.108. The van der Waals surface area contributed by atoms with E-state index >= 15 is 0 Å². The molecule has 0 saturated carbocycles. The molecule has 1 aromatic carbocycles. The topological polar surface area (TPSA) is 52.6 Å². The van der Waals surface area contributed by atoms with Gasteiger partial charge in [-0.1, -0.05) is 17.7 Å². The average Bonchev–Trinajstić information content (AvgIpc) is 2.70. The van der Waals surface area contributed by atoms with Crippen molar-refractivity contribution in [2.45, 2.75) is 33.2 Å². The number of nitrogens with zero attached hydrogens (tertiary/aromatic N) is 2. The predicted molar refractivity (Wildman–Crippen MR) is 83.4 cm³/mol. The van der Waals surface area contributed by atoms with Gasteiger partial charge in [-0.3, -0.25) is 9.69 Å². The number of benzene rings is 1. The van der Waals surface area contributed by atoms with E-state index < -0.39 is 0 Å². The lowest BCUT2D eigenvalue weighted by Gasteiger charge is -2.23. The van der Waals surface area contributed by atoms with Gasteiger partial charge in [0.25, 0.3) is 0 Å². The number of carbonyl (C=O) groups excluding carboxylic acids is 2. The molecule has 21 heavy (non-hydrogen) atoms. The van der Waals surface area contributed by atoms with Gasteiger partial charge in [0.05, 0.1) is 0 Å². The molecular formula is C16H23N3O2. The second-order valence-electron chi connectivity index (χ2n) is 6.49. The molecule has 1 saturated heterocycles. The van der Waals surface area contributed by atoms with E-state index in [1.54, 1.807) is 9.80 Å². The van der Waals surface area contributed by atoms with Crippen LogP contribution in [-0.4, -0.2) is 42.0 Å². The number of aryl methyl sites for hydroxylation is 1. The van der Waals surface area contributed by atoms with Gasteiger partial charge in [-0.15, -0.1) is 0 Å². The summed E-state index contributed by atoms with van der Waals surface area (Å²) in [5.74, 6) is -0.124. The minimum atomic E-state index is -0.281. The van der Waals surface area contributed by atoms with Gasteiger partial charge in [-0.25, -0.2) is 4.79 Å². The van der Waals surface area contributed by atoms with Gasteiger partial charge in [-0.05, 0) is 39.8 Å². The smallest absolute Gasteiger partial charge is 0.325 e. The fraction of sp³-hybridized carbons (Fsp3) is 0.500. The van der Waals surface area contributed by atoms with Crippen molar-refractivity contribution < 1.29 is 9.59 Å². The summed E-state index contributed by atoms with van der Waals surface area (Å²) in [6.45, 7) is 9.09. The summed E-state index contributed by atoms with van der Waals surface area (Å²) >= 11 is 0. The molecule has 0 aromatic heterocycles. The van der Waals surface area contributed by atoms with Crippen molar-refractivity contribution in [2.24, 2.45) is 0 Å². The molecule has 0 atom stereocenters. The minimum Gasteiger partial charge on any atom is -0.350 e. The quantitative estimate of drug-likeness (QED) is 0.927. The molecule has 1 aliphatic rings. The highest BCUT2D eigenvalue weighted by atomic mass is 16.2. The Morgan fingerprint density at radius 3 is 2.38 bits per heavy atom. The van der Waals surface area contributed by atoms with Crippen LogP contribution in [0.3, 0.4) is 0 Å². The maximum absolute atomic E-state index is 12.4. The molecule has 3 amide bonds. The zero-order chi connectivity index (χ0) is 15.6. The lowest BCUT2D eigenvalue weighted by molar-refractivity contribution is -0.122. The van der Waals surface area contributed by atoms with Gasteiger partial charge in [0.2, 0.25) is 5.91 Å². The van der Waals surface area contributed by atoms with E-state index in [9.17, 15) is 9.59 Å². The molecule has 114 valence electrons. The van der Waals surface area contributed by atoms with Crippen LogP contribution in [0.5, 0.6) is 0 Å². The summed E-state index contributed by atoms with van der Waals surface area (Å²) < 4.78 is 0. The summed E-state index contributed by atoms with van der Waals surface area (Å²) in [6.07, 6.45) is 0. The molecule has 0 aliphatic carbocycles. The number of urea groups is 1. The highest BCUT2D eigenvalue weighted by Crippen LogP contribution is 2.20. The normalized spacial score (nSPS) is 15.5. The summed E-state index contributed by atoms with van der Waals surface area (Å²) in [5.41, 5.74) is 1.76. The summed E-state index contributed by atoms with van der Waals surface area (Å²) in [6, 6.07) is 7.73. The SMILES string of the molecule is Cc1ccc(N2CCN(CC(=O)NC(C)(C)C)C2=O)cc1. The molecule has 0 radical (unpaired) electrons. The second-order valence-corrected chi connectivity index (χ2v) is 6.49. The molecule has 1 aromatic rings. The molecule has 0 unspecified atom stereocenters. The Morgan fingerprint density at radius 2 is 1.81 bits per heavy atom. The van der Waals surface area contributed by atoms with E-state index in [4.69, 9.17) is 0 Å². The molecule has 0 spiro atoms. The van der Waals surface area contributed by atoms with E-state index in [1.807, 2.05) is 52.0 Å². The van der Waals surface area contributed by atoms with Crippen molar-refractivity contribution in [3.8, 4) is 0 Å². The fourth-order valence-electron chi connectivity index (χ4n) is 2.32. The molecule has 1 fully saturated rings. The standard InChI is InChI=1S/C16H23N3O2/c1-12-5-7-13(8-6-12)19-10-9-18(15(19)21)11-14(20)17-16(2,3)4/h5-8H,9-11H2,1-4H3,(H,17,20). The molecule has 1 heterocycles. The van der Waals surface area contributed by atoms with Crippen LogP contribution in [0.4, 0.5) is 10.5 Å². The first-order valence-corrected chi connectivity index (χ1v) is 7.20. The van der Waals surface area contributed by atoms with Crippen LogP contribution in [0, 0.1) is 6.92 Å². The van der Waals surface area contributed by atoms with Crippen LogP contribution < -0.4 is 10.2 Å². The average molecular weight is 289 g/mol. The Morgan fingerprint density at radius 1 is 1.19 bits per heavy atom. The van der Waals surface area contributed by atoms with Crippen LogP contribution in [0.15, 0.2) is 24.3 Å². The van der Waals surface area contributed by atoms with E-state index in [1.165, 1.54) is 0 Å². The van der Waals surface area contributed by atoms with E-state index in [0.717, 1.165) is 11.3 Å². The lowest BCUT2D eigenvalue weighted by atomic mass is 10.1. The van der Waals surface area contributed by atoms with Crippen LogP contribution in [0.1, 0.15) is 26.3 Å². The number of hydrogen-bond donors (Lipinski definition) is 1. The van der Waals surface area contributed by atoms with Gasteiger partial charge >= 0.3 is 6.03 Å². The third-order valence-electron chi connectivity index (χ3n) is 3.29. The number of carbonyl (C=O) groups is 2. The second kappa shape index (κ2) is 5.76. The first kappa shape index (κ1) is 15.4. The third kappa shape index (κ3) is 3.97. The Hall–Kier alpha value is -2.04. The first-order valence-electron chi connectivity index (χ1n) is 7.20. The van der Waals surface area contributed by atoms with E-state index in [-0.39, 0.29) is 24.0 Å². The van der Waals surface area contributed by atoms with Crippen LogP contribution in [0.2, 0.25) is 0 Å². The number of nitrogens with one attached hydrogen (secondary N) is 1. The Kier molecular flexibility index (Phi) is 4.21. The molecule has 1 N–H and O–H groups in total. The molecule has 2 rings (SSSR count). The molecular weight excluding hydrogens is 266 g/mol. The van der Waals surface area contributed by atoms with Crippen LogP contribution in [0.25, 0.3) is 0 Å². The van der Waals surface area contributed by atoms with E-state index in [0.29, 0.717) is 13.1 Å². The summed E-state index contributed by atoms with van der Waals surface area (Å²) in [4.78, 5) is 27.6. The van der Waals surface area contributed by atoms with Crippen molar-refractivity contribution in [1.29, 1.82) is 0 Å². The summed E-state index contributed by atoms with van der Waals surface area (Å²) in [5, 5.41) is 2.88. The van der Waals surface area contributed by atoms with Gasteiger partial charge in [0.1, 0.15) is 6.54 Å². The Bertz CT molecular complexity index is 531. The van der Waals surface area contributed by atoms with Crippen molar-refractivity contribution in [1.82, 2.24) is 10.2 Å². The van der Waals surface area contributed by atoms with Crippen molar-refractivity contribution in [3.63, 3.8) is 0 Å². The fourth-order valence-corrected chi connectivity index (χ4v) is 2.32. The maximum Gasteiger partial charge on any atom is 0.325 e. The van der Waals surface area contributed by atoms with Crippen molar-refractivity contribution >= 4 is 17.6 Å². The molecule has 5 nitrogen and oxygen atoms in total. The van der Waals surface area contributed by atoms with Crippen LogP contribution >= 0.6 is 0 Å². The molecule has 5 heteroatoms. The van der Waals surface area contributed by atoms with Crippen molar-refractivity contribution in [2.75, 3.05) is 24.5 Å². The zero-order valence-electron chi connectivity index (χ0n) is 13.1. The number of rotatable bonds is 3. The number of amides is 3. The van der Waals surface area contributed by atoms with Gasteiger partial charge in [-0.2, -0.15) is 0 Å². The third-order valence-corrected chi connectivity index (χ3v) is 3.29. The monoisotopic (exact) mass is 289 g/mol. The highest BCUT2D eigenvalue weighted by molar-refractivity contribution is 5.96. The van der Waals surface area contributed by atoms with Crippen molar-refractivity contribution in [3.05, 3.63) is 29.8 Å². The number of anilines is 1. The predicted octanol–water partition coefficient (Wildman–Crippen LogP) is 2.15. The largest absolute Gasteiger partial charge is 0.350 e. The lowest BCUT2D eigenvalue weighted by Crippen LogP contribution is -2.46. The molecule has 0 bridgehead atoms. The van der Waals surface area contributed by atoms with Crippen LogP contribution in [-0.2, 0) is 4.79 Å². The number of hydrogen-bond acceptors (Lipinski definition) is 2. The van der Waals surface area contributed by atoms with Gasteiger partial charge < -0.3 is 10.2 Å². The Balaban J connectivity index is 1.98. The zero-order valence-corrected chi connectivity index (χ0v) is 13.1. The summed E-state index contributed by atoms with van der Waals surface area (Å²) in [7, 11) is 0. The van der Waals surface area contributed by atoms with Gasteiger partial charge in [0, 0.05) is 24.3 Å². The Labute approximate surface area is 125 Å².